The Morgan fingerprint density at radius 1 is 0.893 bits per heavy atom. The maximum atomic E-state index is 13.3. The Labute approximate surface area is 163 Å². The van der Waals surface area contributed by atoms with Gasteiger partial charge in [-0.3, -0.25) is 9.44 Å². The largest absolute Gasteiger partial charge is 0.321 e. The summed E-state index contributed by atoms with van der Waals surface area (Å²) in [6, 6.07) is 23.1. The van der Waals surface area contributed by atoms with Crippen molar-refractivity contribution in [2.45, 2.75) is 19.3 Å². The molecule has 0 unspecified atom stereocenters. The Morgan fingerprint density at radius 2 is 1.50 bits per heavy atom. The fraction of sp³-hybridized carbons (Fsp3) is 0.143. The lowest BCUT2D eigenvalue weighted by Crippen LogP contribution is -2.22. The van der Waals surface area contributed by atoms with Gasteiger partial charge in [0.25, 0.3) is 0 Å². The number of hydrogen-bond donors (Lipinski definition) is 3. The van der Waals surface area contributed by atoms with Crippen LogP contribution in [0.15, 0.2) is 72.8 Å². The minimum absolute atomic E-state index is 0.0851. The van der Waals surface area contributed by atoms with Crippen LogP contribution in [0.3, 0.4) is 0 Å². The van der Waals surface area contributed by atoms with Gasteiger partial charge in [0.2, 0.25) is 0 Å². The van der Waals surface area contributed by atoms with E-state index in [2.05, 4.69) is 14.8 Å². The quantitative estimate of drug-likeness (QED) is 0.586. The average Bonchev–Trinajstić information content (AvgIpc) is 3.03. The second-order valence-electron chi connectivity index (χ2n) is 6.65. The minimum atomic E-state index is -3.65. The molecule has 3 aromatic carbocycles. The molecule has 3 aromatic rings. The molecule has 0 saturated heterocycles. The molecule has 0 amide bonds. The summed E-state index contributed by atoms with van der Waals surface area (Å²) in [5.74, 6) is 0. The molecule has 0 aliphatic carbocycles. The summed E-state index contributed by atoms with van der Waals surface area (Å²) >= 11 is 0. The minimum Gasteiger partial charge on any atom is -0.302 e. The van der Waals surface area contributed by atoms with Crippen molar-refractivity contribution in [2.24, 2.45) is 0 Å². The summed E-state index contributed by atoms with van der Waals surface area (Å²) in [5, 5.41) is 3.49. The lowest BCUT2D eigenvalue weighted by molar-refractivity contribution is 0.485. The zero-order chi connectivity index (χ0) is 19.6. The number of fused-ring (bicyclic) bond motifs is 1. The number of rotatable bonds is 6. The topological polar surface area (TPSA) is 70.2 Å². The first-order chi connectivity index (χ1) is 13.6. The van der Waals surface area contributed by atoms with E-state index in [1.54, 1.807) is 6.07 Å². The molecular weight excluding hydrogens is 377 g/mol. The van der Waals surface area contributed by atoms with Gasteiger partial charge in [-0.25, -0.2) is 4.39 Å². The fourth-order valence-corrected chi connectivity index (χ4v) is 4.43. The lowest BCUT2D eigenvalue weighted by atomic mass is 9.98. The standard InChI is InChI=1S/C21H20FN3O2S/c22-13-15-11-18(21-19(12-15)24-28(26,27)25-21)14-23-20(16-7-3-1-4-8-16)17-9-5-2-6-10-17/h1-12,20,23-25H,13-14H2. The molecule has 0 spiro atoms. The zero-order valence-corrected chi connectivity index (χ0v) is 15.8. The Hall–Kier alpha value is -2.90. The summed E-state index contributed by atoms with van der Waals surface area (Å²) in [6.45, 7) is -0.294. The number of benzene rings is 3. The van der Waals surface area contributed by atoms with Gasteiger partial charge in [-0.2, -0.15) is 8.42 Å². The van der Waals surface area contributed by atoms with E-state index in [-0.39, 0.29) is 6.04 Å². The van der Waals surface area contributed by atoms with Crippen molar-refractivity contribution >= 4 is 21.6 Å². The van der Waals surface area contributed by atoms with E-state index in [9.17, 15) is 12.8 Å². The van der Waals surface area contributed by atoms with E-state index in [1.807, 2.05) is 60.7 Å². The third kappa shape index (κ3) is 3.85. The summed E-state index contributed by atoms with van der Waals surface area (Å²) in [6.07, 6.45) is 0. The van der Waals surface area contributed by atoms with Gasteiger partial charge in [0, 0.05) is 6.54 Å². The number of nitrogens with one attached hydrogen (secondary N) is 3. The van der Waals surface area contributed by atoms with Gasteiger partial charge in [0.15, 0.2) is 0 Å². The van der Waals surface area contributed by atoms with Crippen molar-refractivity contribution in [1.29, 1.82) is 0 Å². The van der Waals surface area contributed by atoms with Crippen LogP contribution in [0.5, 0.6) is 0 Å². The zero-order valence-electron chi connectivity index (χ0n) is 15.0. The highest BCUT2D eigenvalue weighted by Crippen LogP contribution is 2.35. The normalized spacial score (nSPS) is 14.4. The number of hydrogen-bond acceptors (Lipinski definition) is 3. The second kappa shape index (κ2) is 7.61. The molecule has 0 saturated carbocycles. The highest BCUT2D eigenvalue weighted by atomic mass is 32.2. The Bertz CT molecular complexity index is 1030. The van der Waals surface area contributed by atoms with E-state index in [1.165, 1.54) is 6.07 Å². The molecule has 0 bridgehead atoms. The van der Waals surface area contributed by atoms with Gasteiger partial charge in [-0.1, -0.05) is 60.7 Å². The van der Waals surface area contributed by atoms with Crippen molar-refractivity contribution in [3.8, 4) is 0 Å². The number of alkyl halides is 1. The highest BCUT2D eigenvalue weighted by molar-refractivity contribution is 7.94. The van der Waals surface area contributed by atoms with E-state index in [0.29, 0.717) is 29.0 Å². The van der Waals surface area contributed by atoms with Crippen LogP contribution < -0.4 is 14.8 Å². The van der Waals surface area contributed by atoms with Crippen molar-refractivity contribution in [1.82, 2.24) is 5.32 Å². The summed E-state index contributed by atoms with van der Waals surface area (Å²) in [7, 11) is -3.65. The fourth-order valence-electron chi connectivity index (χ4n) is 3.42. The van der Waals surface area contributed by atoms with E-state index < -0.39 is 16.9 Å². The van der Waals surface area contributed by atoms with Gasteiger partial charge in [-0.15, -0.1) is 0 Å². The van der Waals surface area contributed by atoms with Crippen LogP contribution in [-0.2, 0) is 23.4 Å². The van der Waals surface area contributed by atoms with Crippen LogP contribution in [0.1, 0.15) is 28.3 Å². The van der Waals surface area contributed by atoms with Crippen molar-refractivity contribution < 1.29 is 12.8 Å². The summed E-state index contributed by atoms with van der Waals surface area (Å²) in [4.78, 5) is 0. The van der Waals surface area contributed by atoms with E-state index in [4.69, 9.17) is 0 Å². The van der Waals surface area contributed by atoms with Gasteiger partial charge < -0.3 is 5.32 Å². The molecular formula is C21H20FN3O2S. The lowest BCUT2D eigenvalue weighted by Gasteiger charge is -2.21. The molecule has 28 heavy (non-hydrogen) atoms. The molecule has 1 aliphatic heterocycles. The van der Waals surface area contributed by atoms with Crippen LogP contribution >= 0.6 is 0 Å². The third-order valence-corrected chi connectivity index (χ3v) is 5.64. The van der Waals surface area contributed by atoms with Gasteiger partial charge in [0.1, 0.15) is 6.67 Å². The molecule has 0 aromatic heterocycles. The second-order valence-corrected chi connectivity index (χ2v) is 8.07. The molecule has 0 radical (unpaired) electrons. The summed E-state index contributed by atoms with van der Waals surface area (Å²) < 4.78 is 41.9. The van der Waals surface area contributed by atoms with Gasteiger partial charge >= 0.3 is 10.2 Å². The van der Waals surface area contributed by atoms with Crippen molar-refractivity contribution in [3.63, 3.8) is 0 Å². The molecule has 7 heteroatoms. The maximum absolute atomic E-state index is 13.3. The summed E-state index contributed by atoms with van der Waals surface area (Å²) in [5.41, 5.74) is 4.14. The molecule has 5 nitrogen and oxygen atoms in total. The van der Waals surface area contributed by atoms with Crippen molar-refractivity contribution in [2.75, 3.05) is 9.44 Å². The first kappa shape index (κ1) is 18.5. The molecule has 144 valence electrons. The van der Waals surface area contributed by atoms with Crippen LogP contribution in [0.2, 0.25) is 0 Å². The molecule has 4 rings (SSSR count). The van der Waals surface area contributed by atoms with Gasteiger partial charge in [-0.05, 0) is 34.4 Å². The van der Waals surface area contributed by atoms with Gasteiger partial charge in [0.05, 0.1) is 17.4 Å². The molecule has 0 fully saturated rings. The average molecular weight is 397 g/mol. The molecule has 0 atom stereocenters. The molecule has 1 aliphatic rings. The van der Waals surface area contributed by atoms with E-state index in [0.717, 1.165) is 11.1 Å². The SMILES string of the molecule is O=S1(=O)Nc2cc(CF)cc(CNC(c3ccccc3)c3ccccc3)c2N1. The maximum Gasteiger partial charge on any atom is 0.321 e. The highest BCUT2D eigenvalue weighted by Gasteiger charge is 2.26. The van der Waals surface area contributed by atoms with Crippen LogP contribution in [0.4, 0.5) is 15.8 Å². The first-order valence-corrected chi connectivity index (χ1v) is 10.4. The van der Waals surface area contributed by atoms with Crippen molar-refractivity contribution in [3.05, 3.63) is 95.1 Å². The predicted octanol–water partition coefficient (Wildman–Crippen LogP) is 4.12. The Kier molecular flexibility index (Phi) is 5.02. The van der Waals surface area contributed by atoms with Crippen LogP contribution in [-0.4, -0.2) is 8.42 Å². The number of anilines is 2. The van der Waals surface area contributed by atoms with Crippen LogP contribution in [0, 0.1) is 0 Å². The third-order valence-electron chi connectivity index (χ3n) is 4.68. The number of halogens is 1. The predicted molar refractivity (Wildman–Crippen MR) is 109 cm³/mol. The monoisotopic (exact) mass is 397 g/mol. The molecule has 1 heterocycles. The van der Waals surface area contributed by atoms with Crippen LogP contribution in [0.25, 0.3) is 0 Å². The smallest absolute Gasteiger partial charge is 0.302 e. The molecule has 3 N–H and O–H groups in total. The first-order valence-electron chi connectivity index (χ1n) is 8.91. The Morgan fingerprint density at radius 3 is 2.07 bits per heavy atom. The Balaban J connectivity index is 1.66. The van der Waals surface area contributed by atoms with E-state index >= 15 is 0 Å².